The molecule has 146 valence electrons. The van der Waals surface area contributed by atoms with Crippen LogP contribution >= 0.6 is 24.8 Å². The van der Waals surface area contributed by atoms with E-state index in [-0.39, 0.29) is 24.8 Å². The van der Waals surface area contributed by atoms with Crippen LogP contribution in [0.3, 0.4) is 0 Å². The van der Waals surface area contributed by atoms with E-state index in [4.69, 9.17) is 14.2 Å². The van der Waals surface area contributed by atoms with Crippen LogP contribution in [-0.4, -0.2) is 52.4 Å². The minimum absolute atomic E-state index is 0. The standard InChI is InChI=1S/C18H30N2O3.2ClH/c1-5-6-7-15(20-12-10-19-11-13-20)14-8-9-16(21-2)18(23-4)17(14)22-3;;/h8-9,15,19H,5-7,10-13H2,1-4H3;2*1H/t15-;;/m1../s1. The highest BCUT2D eigenvalue weighted by Crippen LogP contribution is 2.44. The van der Waals surface area contributed by atoms with E-state index in [9.17, 15) is 0 Å². The van der Waals surface area contributed by atoms with Gasteiger partial charge in [-0.25, -0.2) is 0 Å². The first-order valence-electron chi connectivity index (χ1n) is 8.50. The van der Waals surface area contributed by atoms with E-state index in [1.54, 1.807) is 21.3 Å². The number of nitrogens with one attached hydrogen (secondary N) is 1. The van der Waals surface area contributed by atoms with Crippen molar-refractivity contribution in [1.82, 2.24) is 10.2 Å². The molecule has 0 aliphatic carbocycles. The first-order valence-corrected chi connectivity index (χ1v) is 8.50. The summed E-state index contributed by atoms with van der Waals surface area (Å²) in [7, 11) is 5.02. The molecule has 2 rings (SSSR count). The van der Waals surface area contributed by atoms with Gasteiger partial charge in [0.25, 0.3) is 0 Å². The van der Waals surface area contributed by atoms with Crippen LogP contribution in [0, 0.1) is 0 Å². The van der Waals surface area contributed by atoms with Gasteiger partial charge in [0, 0.05) is 37.8 Å². The van der Waals surface area contributed by atoms with Crippen LogP contribution in [0.25, 0.3) is 0 Å². The molecule has 1 aromatic carbocycles. The number of nitrogens with zero attached hydrogens (tertiary/aromatic N) is 1. The Bertz CT molecular complexity index is 497. The molecule has 5 nitrogen and oxygen atoms in total. The van der Waals surface area contributed by atoms with Crippen LogP contribution in [0.15, 0.2) is 12.1 Å². The summed E-state index contributed by atoms with van der Waals surface area (Å²) in [5, 5.41) is 3.43. The van der Waals surface area contributed by atoms with Gasteiger partial charge >= 0.3 is 0 Å². The lowest BCUT2D eigenvalue weighted by atomic mass is 9.97. The van der Waals surface area contributed by atoms with Crippen LogP contribution in [0.5, 0.6) is 17.2 Å². The van der Waals surface area contributed by atoms with E-state index in [0.29, 0.717) is 17.5 Å². The fraction of sp³-hybridized carbons (Fsp3) is 0.667. The Balaban J connectivity index is 0.00000288. The maximum atomic E-state index is 5.71. The van der Waals surface area contributed by atoms with Gasteiger partial charge in [-0.2, -0.15) is 0 Å². The Kier molecular flexibility index (Phi) is 12.0. The Hall–Kier alpha value is -0.880. The van der Waals surface area contributed by atoms with Crippen molar-refractivity contribution in [2.75, 3.05) is 47.5 Å². The highest BCUT2D eigenvalue weighted by molar-refractivity contribution is 5.85. The molecule has 0 saturated carbocycles. The zero-order valence-corrected chi connectivity index (χ0v) is 17.3. The molecule has 0 amide bonds. The fourth-order valence-corrected chi connectivity index (χ4v) is 3.31. The summed E-state index contributed by atoms with van der Waals surface area (Å²) in [6.07, 6.45) is 3.52. The molecule has 1 heterocycles. The molecule has 1 atom stereocenters. The fourth-order valence-electron chi connectivity index (χ4n) is 3.31. The number of hydrogen-bond acceptors (Lipinski definition) is 5. The van der Waals surface area contributed by atoms with Gasteiger partial charge < -0.3 is 19.5 Å². The zero-order valence-electron chi connectivity index (χ0n) is 15.7. The van der Waals surface area contributed by atoms with Crippen LogP contribution in [0.2, 0.25) is 0 Å². The molecule has 0 aromatic heterocycles. The highest BCUT2D eigenvalue weighted by atomic mass is 35.5. The average molecular weight is 395 g/mol. The number of ether oxygens (including phenoxy) is 3. The third kappa shape index (κ3) is 5.81. The number of benzene rings is 1. The quantitative estimate of drug-likeness (QED) is 0.727. The minimum Gasteiger partial charge on any atom is -0.493 e. The predicted molar refractivity (Wildman–Crippen MR) is 107 cm³/mol. The summed E-state index contributed by atoms with van der Waals surface area (Å²) in [5.74, 6) is 2.19. The third-order valence-corrected chi connectivity index (χ3v) is 4.52. The van der Waals surface area contributed by atoms with E-state index < -0.39 is 0 Å². The summed E-state index contributed by atoms with van der Waals surface area (Å²) in [4.78, 5) is 2.55. The van der Waals surface area contributed by atoms with Gasteiger partial charge in [0.1, 0.15) is 0 Å². The van der Waals surface area contributed by atoms with Gasteiger partial charge in [-0.05, 0) is 18.6 Å². The topological polar surface area (TPSA) is 43.0 Å². The summed E-state index contributed by atoms with van der Waals surface area (Å²) >= 11 is 0. The second kappa shape index (κ2) is 12.5. The van der Waals surface area contributed by atoms with Gasteiger partial charge in [0.05, 0.1) is 21.3 Å². The Morgan fingerprint density at radius 2 is 1.64 bits per heavy atom. The van der Waals surface area contributed by atoms with Gasteiger partial charge in [-0.1, -0.05) is 19.8 Å². The number of hydrogen-bond donors (Lipinski definition) is 1. The number of piperazine rings is 1. The summed E-state index contributed by atoms with van der Waals surface area (Å²) in [6, 6.07) is 4.47. The molecule has 1 saturated heterocycles. The molecular weight excluding hydrogens is 363 g/mol. The molecule has 1 fully saturated rings. The number of methoxy groups -OCH3 is 3. The first kappa shape index (κ1) is 24.1. The molecule has 1 N–H and O–H groups in total. The van der Waals surface area contributed by atoms with Crippen molar-refractivity contribution in [3.63, 3.8) is 0 Å². The first-order chi connectivity index (χ1) is 11.3. The van der Waals surface area contributed by atoms with Crippen molar-refractivity contribution in [3.05, 3.63) is 17.7 Å². The Labute approximate surface area is 164 Å². The number of rotatable bonds is 8. The molecule has 0 bridgehead atoms. The smallest absolute Gasteiger partial charge is 0.203 e. The van der Waals surface area contributed by atoms with Crippen LogP contribution in [-0.2, 0) is 0 Å². The second-order valence-electron chi connectivity index (χ2n) is 5.87. The maximum absolute atomic E-state index is 5.71. The summed E-state index contributed by atoms with van der Waals surface area (Å²) in [6.45, 7) is 6.44. The lowest BCUT2D eigenvalue weighted by molar-refractivity contribution is 0.159. The zero-order chi connectivity index (χ0) is 16.7. The molecule has 0 radical (unpaired) electrons. The molecule has 1 aromatic rings. The van der Waals surface area contributed by atoms with Crippen molar-refractivity contribution in [3.8, 4) is 17.2 Å². The van der Waals surface area contributed by atoms with Crippen molar-refractivity contribution in [2.45, 2.75) is 32.2 Å². The molecule has 1 aliphatic heterocycles. The van der Waals surface area contributed by atoms with E-state index in [0.717, 1.165) is 38.3 Å². The summed E-state index contributed by atoms with van der Waals surface area (Å²) < 4.78 is 16.7. The van der Waals surface area contributed by atoms with Crippen molar-refractivity contribution < 1.29 is 14.2 Å². The minimum atomic E-state index is 0. The molecule has 7 heteroatoms. The Morgan fingerprint density at radius 1 is 1.00 bits per heavy atom. The lowest BCUT2D eigenvalue weighted by Gasteiger charge is -2.36. The number of unbranched alkanes of at least 4 members (excludes halogenated alkanes) is 1. The molecule has 1 aliphatic rings. The van der Waals surface area contributed by atoms with E-state index in [1.807, 2.05) is 6.07 Å². The lowest BCUT2D eigenvalue weighted by Crippen LogP contribution is -2.45. The normalized spacial score (nSPS) is 15.5. The van der Waals surface area contributed by atoms with Gasteiger partial charge in [0.15, 0.2) is 11.5 Å². The second-order valence-corrected chi connectivity index (χ2v) is 5.87. The maximum Gasteiger partial charge on any atom is 0.203 e. The average Bonchev–Trinajstić information content (AvgIpc) is 2.62. The highest BCUT2D eigenvalue weighted by Gasteiger charge is 2.27. The van der Waals surface area contributed by atoms with Crippen molar-refractivity contribution >= 4 is 24.8 Å². The third-order valence-electron chi connectivity index (χ3n) is 4.52. The SMILES string of the molecule is CCCC[C@H](c1ccc(OC)c(OC)c1OC)N1CCNCC1.Cl.Cl. The van der Waals surface area contributed by atoms with Gasteiger partial charge in [0.2, 0.25) is 5.75 Å². The van der Waals surface area contributed by atoms with E-state index in [1.165, 1.54) is 18.4 Å². The van der Waals surface area contributed by atoms with E-state index in [2.05, 4.69) is 23.2 Å². The molecule has 0 unspecified atom stereocenters. The van der Waals surface area contributed by atoms with Crippen LogP contribution in [0.4, 0.5) is 0 Å². The molecule has 25 heavy (non-hydrogen) atoms. The molecular formula is C18H32Cl2N2O3. The predicted octanol–water partition coefficient (Wildman–Crippen LogP) is 3.69. The number of halogens is 2. The largest absolute Gasteiger partial charge is 0.493 e. The van der Waals surface area contributed by atoms with Gasteiger partial charge in [-0.3, -0.25) is 4.90 Å². The van der Waals surface area contributed by atoms with Crippen LogP contribution in [0.1, 0.15) is 37.8 Å². The summed E-state index contributed by atoms with van der Waals surface area (Å²) in [5.41, 5.74) is 1.19. The van der Waals surface area contributed by atoms with Crippen molar-refractivity contribution in [2.24, 2.45) is 0 Å². The van der Waals surface area contributed by atoms with Gasteiger partial charge in [-0.15, -0.1) is 24.8 Å². The van der Waals surface area contributed by atoms with Crippen molar-refractivity contribution in [1.29, 1.82) is 0 Å². The van der Waals surface area contributed by atoms with E-state index >= 15 is 0 Å². The Morgan fingerprint density at radius 3 is 2.16 bits per heavy atom. The monoisotopic (exact) mass is 394 g/mol. The van der Waals surface area contributed by atoms with Crippen LogP contribution < -0.4 is 19.5 Å². The molecule has 0 spiro atoms.